The number of halogens is 1. The summed E-state index contributed by atoms with van der Waals surface area (Å²) >= 11 is 3.35. The molecule has 0 amide bonds. The fourth-order valence-corrected chi connectivity index (χ4v) is 2.39. The largest absolute Gasteiger partial charge is 0.350 e. The average Bonchev–Trinajstić information content (AvgIpc) is 2.87. The van der Waals surface area contributed by atoms with Crippen molar-refractivity contribution in [3.05, 3.63) is 33.3 Å². The number of fused-ring (bicyclic) bond motifs is 1. The summed E-state index contributed by atoms with van der Waals surface area (Å²) in [6.07, 6.45) is 2.72. The molecule has 0 spiro atoms. The first-order valence-corrected chi connectivity index (χ1v) is 6.02. The van der Waals surface area contributed by atoms with Crippen LogP contribution in [0.5, 0.6) is 0 Å². The lowest BCUT2D eigenvalue weighted by molar-refractivity contribution is 0.475. The van der Waals surface area contributed by atoms with Crippen LogP contribution in [0.15, 0.2) is 27.6 Å². The van der Waals surface area contributed by atoms with Crippen molar-refractivity contribution in [3.8, 4) is 0 Å². The Morgan fingerprint density at radius 1 is 1.50 bits per heavy atom. The van der Waals surface area contributed by atoms with Gasteiger partial charge in [-0.2, -0.15) is 0 Å². The fourth-order valence-electron chi connectivity index (χ4n) is 2.05. The van der Waals surface area contributed by atoms with E-state index in [9.17, 15) is 4.79 Å². The van der Waals surface area contributed by atoms with E-state index in [1.165, 1.54) is 0 Å². The Morgan fingerprint density at radius 2 is 2.38 bits per heavy atom. The van der Waals surface area contributed by atoms with Crippen LogP contribution in [0.3, 0.4) is 0 Å². The lowest BCUT2D eigenvalue weighted by Crippen LogP contribution is -2.26. The van der Waals surface area contributed by atoms with Crippen molar-refractivity contribution < 1.29 is 0 Å². The highest BCUT2D eigenvalue weighted by Gasteiger charge is 2.20. The number of rotatable bonds is 1. The van der Waals surface area contributed by atoms with Gasteiger partial charge in [0.1, 0.15) is 0 Å². The Hall–Kier alpha value is -1.14. The molecule has 0 aromatic carbocycles. The zero-order chi connectivity index (χ0) is 11.1. The highest BCUT2D eigenvalue weighted by molar-refractivity contribution is 9.10. The molecule has 0 saturated carbocycles. The fraction of sp³-hybridized carbons (Fsp3) is 0.400. The minimum Gasteiger partial charge on any atom is -0.315 e. The summed E-state index contributed by atoms with van der Waals surface area (Å²) < 4.78 is 4.04. The molecule has 5 nitrogen and oxygen atoms in total. The first-order valence-electron chi connectivity index (χ1n) is 5.23. The Balaban J connectivity index is 2.19. The lowest BCUT2D eigenvalue weighted by Gasteiger charge is -2.05. The molecule has 1 saturated heterocycles. The van der Waals surface area contributed by atoms with E-state index in [2.05, 4.69) is 26.3 Å². The Morgan fingerprint density at radius 3 is 3.12 bits per heavy atom. The Kier molecular flexibility index (Phi) is 2.33. The first kappa shape index (κ1) is 10.0. The zero-order valence-electron chi connectivity index (χ0n) is 8.56. The van der Waals surface area contributed by atoms with Gasteiger partial charge >= 0.3 is 5.69 Å². The van der Waals surface area contributed by atoms with Crippen LogP contribution in [0.25, 0.3) is 5.65 Å². The molecular weight excluding hydrogens is 272 g/mol. The van der Waals surface area contributed by atoms with Gasteiger partial charge < -0.3 is 5.32 Å². The smallest absolute Gasteiger partial charge is 0.315 e. The highest BCUT2D eigenvalue weighted by Crippen LogP contribution is 2.13. The van der Waals surface area contributed by atoms with Crippen LogP contribution < -0.4 is 11.0 Å². The number of hydrogen-bond donors (Lipinski definition) is 1. The molecule has 84 valence electrons. The molecule has 1 atom stereocenters. The van der Waals surface area contributed by atoms with Crippen molar-refractivity contribution >= 4 is 21.6 Å². The molecule has 1 aliphatic rings. The predicted octanol–water partition coefficient (Wildman–Crippen LogP) is 0.793. The van der Waals surface area contributed by atoms with Crippen LogP contribution in [0.1, 0.15) is 12.5 Å². The molecule has 1 fully saturated rings. The molecule has 16 heavy (non-hydrogen) atoms. The summed E-state index contributed by atoms with van der Waals surface area (Å²) in [6.45, 7) is 1.78. The van der Waals surface area contributed by atoms with E-state index in [0.717, 1.165) is 24.0 Å². The van der Waals surface area contributed by atoms with Gasteiger partial charge in [0.25, 0.3) is 0 Å². The Labute approximate surface area is 100 Å². The molecule has 0 radical (unpaired) electrons. The number of nitrogens with one attached hydrogen (secondary N) is 1. The molecular formula is C10H11BrN4O. The maximum absolute atomic E-state index is 12.1. The van der Waals surface area contributed by atoms with E-state index in [1.54, 1.807) is 15.3 Å². The predicted molar refractivity (Wildman–Crippen MR) is 63.7 cm³/mol. The molecule has 2 aromatic heterocycles. The third kappa shape index (κ3) is 1.49. The van der Waals surface area contributed by atoms with Gasteiger partial charge in [-0.05, 0) is 41.0 Å². The van der Waals surface area contributed by atoms with Crippen LogP contribution in [-0.2, 0) is 0 Å². The van der Waals surface area contributed by atoms with Crippen molar-refractivity contribution in [2.24, 2.45) is 0 Å². The second kappa shape index (κ2) is 3.71. The van der Waals surface area contributed by atoms with E-state index in [4.69, 9.17) is 0 Å². The quantitative estimate of drug-likeness (QED) is 0.842. The summed E-state index contributed by atoms with van der Waals surface area (Å²) in [7, 11) is 0. The van der Waals surface area contributed by atoms with E-state index < -0.39 is 0 Å². The van der Waals surface area contributed by atoms with Crippen molar-refractivity contribution in [2.45, 2.75) is 12.5 Å². The zero-order valence-corrected chi connectivity index (χ0v) is 10.1. The van der Waals surface area contributed by atoms with E-state index in [0.29, 0.717) is 5.65 Å². The van der Waals surface area contributed by atoms with Gasteiger partial charge in [0.2, 0.25) is 0 Å². The van der Waals surface area contributed by atoms with Gasteiger partial charge in [-0.3, -0.25) is 0 Å². The average molecular weight is 283 g/mol. The third-order valence-electron chi connectivity index (χ3n) is 2.88. The number of pyridine rings is 1. The van der Waals surface area contributed by atoms with E-state index >= 15 is 0 Å². The Bertz CT molecular complexity index is 582. The van der Waals surface area contributed by atoms with Gasteiger partial charge in [0.05, 0.1) is 6.04 Å². The van der Waals surface area contributed by atoms with Crippen molar-refractivity contribution in [1.29, 1.82) is 0 Å². The normalized spacial score (nSPS) is 20.7. The van der Waals surface area contributed by atoms with Gasteiger partial charge in [0, 0.05) is 17.2 Å². The molecule has 3 rings (SSSR count). The number of aromatic nitrogens is 3. The maximum atomic E-state index is 12.1. The number of nitrogens with zero attached hydrogens (tertiary/aromatic N) is 3. The minimum atomic E-state index is -0.0648. The van der Waals surface area contributed by atoms with Crippen LogP contribution in [-0.4, -0.2) is 27.3 Å². The van der Waals surface area contributed by atoms with E-state index in [1.807, 2.05) is 12.1 Å². The van der Waals surface area contributed by atoms with Crippen LogP contribution in [0.4, 0.5) is 0 Å². The van der Waals surface area contributed by atoms with Gasteiger partial charge in [-0.25, -0.2) is 13.9 Å². The SMILES string of the molecule is O=c1n(C2CCNC2)nc2ccc(Br)cn12. The molecule has 0 aliphatic carbocycles. The van der Waals surface area contributed by atoms with Crippen LogP contribution >= 0.6 is 15.9 Å². The first-order chi connectivity index (χ1) is 7.75. The maximum Gasteiger partial charge on any atom is 0.350 e. The standard InChI is InChI=1S/C10H11BrN4O/c11-7-1-2-9-13-15(8-3-4-12-5-8)10(16)14(9)6-7/h1-2,6,8,12H,3-5H2. The molecule has 1 unspecified atom stereocenters. The molecule has 1 aliphatic heterocycles. The summed E-state index contributed by atoms with van der Waals surface area (Å²) in [6, 6.07) is 3.91. The highest BCUT2D eigenvalue weighted by atomic mass is 79.9. The monoisotopic (exact) mass is 282 g/mol. The van der Waals surface area contributed by atoms with Gasteiger partial charge in [-0.15, -0.1) is 5.10 Å². The summed E-state index contributed by atoms with van der Waals surface area (Å²) in [4.78, 5) is 12.1. The van der Waals surface area contributed by atoms with E-state index in [-0.39, 0.29) is 11.7 Å². The van der Waals surface area contributed by atoms with Crippen LogP contribution in [0.2, 0.25) is 0 Å². The second-order valence-corrected chi connectivity index (χ2v) is 4.86. The summed E-state index contributed by atoms with van der Waals surface area (Å²) in [5.41, 5.74) is 0.630. The molecule has 6 heteroatoms. The second-order valence-electron chi connectivity index (χ2n) is 3.95. The van der Waals surface area contributed by atoms with Crippen molar-refractivity contribution in [2.75, 3.05) is 13.1 Å². The number of hydrogen-bond acceptors (Lipinski definition) is 3. The van der Waals surface area contributed by atoms with Crippen molar-refractivity contribution in [1.82, 2.24) is 19.5 Å². The summed E-state index contributed by atoms with van der Waals surface area (Å²) in [5, 5.41) is 7.58. The molecule has 0 bridgehead atoms. The van der Waals surface area contributed by atoms with Gasteiger partial charge in [-0.1, -0.05) is 0 Å². The summed E-state index contributed by atoms with van der Waals surface area (Å²) in [5.74, 6) is 0. The minimum absolute atomic E-state index is 0.0648. The lowest BCUT2D eigenvalue weighted by atomic mass is 10.3. The molecule has 1 N–H and O–H groups in total. The van der Waals surface area contributed by atoms with Crippen molar-refractivity contribution in [3.63, 3.8) is 0 Å². The topological polar surface area (TPSA) is 51.3 Å². The van der Waals surface area contributed by atoms with Gasteiger partial charge in [0.15, 0.2) is 5.65 Å². The molecule has 3 heterocycles. The molecule has 2 aromatic rings. The third-order valence-corrected chi connectivity index (χ3v) is 3.35. The van der Waals surface area contributed by atoms with Crippen LogP contribution in [0, 0.1) is 0 Å².